The van der Waals surface area contributed by atoms with Gasteiger partial charge in [0.1, 0.15) is 28.6 Å². The monoisotopic (exact) mass is 848 g/mol. The van der Waals surface area contributed by atoms with Crippen LogP contribution < -0.4 is 20.8 Å². The van der Waals surface area contributed by atoms with Gasteiger partial charge in [0.15, 0.2) is 17.5 Å². The molecule has 61 heavy (non-hydrogen) atoms. The van der Waals surface area contributed by atoms with E-state index in [4.69, 9.17) is 28.9 Å². The number of phenolic OH excluding ortho intramolecular Hbond substituents is 2. The average Bonchev–Trinajstić information content (AvgIpc) is 3.71. The number of nitrogens with one attached hydrogen (secondary N) is 1. The number of rotatable bonds is 4. The Hall–Kier alpha value is -4.54. The summed E-state index contributed by atoms with van der Waals surface area (Å²) in [5.41, 5.74) is -0.243. The Morgan fingerprint density at radius 2 is 1.62 bits per heavy atom. The molecule has 2 aromatic carbocycles. The highest BCUT2D eigenvalue weighted by Gasteiger charge is 2.50. The number of esters is 1. The van der Waals surface area contributed by atoms with E-state index in [1.165, 1.54) is 20.3 Å². The van der Waals surface area contributed by atoms with Crippen molar-refractivity contribution in [1.29, 1.82) is 0 Å². The second kappa shape index (κ2) is 17.7. The van der Waals surface area contributed by atoms with Crippen LogP contribution in [0.4, 0.5) is 5.69 Å². The highest BCUT2D eigenvalue weighted by atomic mass is 16.7. The number of benzene rings is 2. The van der Waals surface area contributed by atoms with Gasteiger partial charge in [-0.15, -0.1) is 0 Å². The summed E-state index contributed by atoms with van der Waals surface area (Å²) < 4.78 is 24.2. The first-order valence-corrected chi connectivity index (χ1v) is 21.4. The molecule has 4 heterocycles. The summed E-state index contributed by atoms with van der Waals surface area (Å²) in [6, 6.07) is 0. The highest BCUT2D eigenvalue weighted by Crippen LogP contribution is 2.54. The SMILES string of the molecule is CO[C@H]1/C=C/O[C@@]2(C)Oc3c(C)c(O)c4c(O)c(c5c(c4c3C2O)=NC2(CCN(CC(C)C)CC2)N=5)NC(=O)/C(C)=C\C=C\[C@H](C)[C@H](O)[C@@H](C)[C@@H](O)[C@@H](C)[C@H](OC(C)=O)[C@@H]1C. The summed E-state index contributed by atoms with van der Waals surface area (Å²) in [5, 5.41) is 62.8. The lowest BCUT2D eigenvalue weighted by Crippen LogP contribution is -2.46. The van der Waals surface area contributed by atoms with Gasteiger partial charge >= 0.3 is 5.97 Å². The van der Waals surface area contributed by atoms with Crippen LogP contribution in [0.3, 0.4) is 0 Å². The number of carbonyl (C=O) groups excluding carboxylic acids is 2. The van der Waals surface area contributed by atoms with Crippen LogP contribution in [0, 0.1) is 36.5 Å². The Morgan fingerprint density at radius 3 is 2.25 bits per heavy atom. The van der Waals surface area contributed by atoms with Crippen LogP contribution in [0.1, 0.15) is 92.4 Å². The molecule has 6 rings (SSSR count). The quantitative estimate of drug-likeness (QED) is 0.184. The predicted molar refractivity (Wildman–Crippen MR) is 228 cm³/mol. The summed E-state index contributed by atoms with van der Waals surface area (Å²) >= 11 is 0. The van der Waals surface area contributed by atoms with Crippen molar-refractivity contribution in [2.75, 3.05) is 32.1 Å². The first-order valence-electron chi connectivity index (χ1n) is 21.4. The van der Waals surface area contributed by atoms with Gasteiger partial charge in [0.25, 0.3) is 11.7 Å². The lowest BCUT2D eigenvalue weighted by molar-refractivity contribution is -0.181. The minimum Gasteiger partial charge on any atom is -0.507 e. The first kappa shape index (κ1) is 46.0. The van der Waals surface area contributed by atoms with Crippen molar-refractivity contribution in [2.45, 2.75) is 124 Å². The standard InChI is InChI=1S/C46H64N4O11/c1-22(2)21-50-18-16-46(17-19-50)48-34-31-32-39(54)28(8)42-33(31)43(56)45(10,61-42)59-20-15-30(58-11)25(5)41(60-29(9)51)27(7)38(53)26(6)37(52)23(3)13-12-14-24(4)44(57)47-36(40(32)55)35(34)49-46/h12-15,20,22-23,25-27,30,37-38,41,43,52-56H,16-19,21H2,1-11H3,(H,47,57)/b13-12+,20-15+,24-14-/t23-,25+,26+,27+,30-,37-,38+,41+,43?,45-/m0/s1. The summed E-state index contributed by atoms with van der Waals surface area (Å²) in [6.07, 6.45) is 3.79. The Balaban J connectivity index is 1.54. The van der Waals surface area contributed by atoms with Gasteiger partial charge in [0.2, 0.25) is 0 Å². The zero-order valence-electron chi connectivity index (χ0n) is 37.2. The number of ether oxygens (including phenoxy) is 4. The van der Waals surface area contributed by atoms with E-state index in [0.29, 0.717) is 24.1 Å². The maximum absolute atomic E-state index is 13.9. The minimum absolute atomic E-state index is 0.0265. The molecule has 4 bridgehead atoms. The molecule has 10 atom stereocenters. The number of carbonyl (C=O) groups is 2. The van der Waals surface area contributed by atoms with Crippen LogP contribution in [0.15, 0.2) is 46.1 Å². The third kappa shape index (κ3) is 8.64. The van der Waals surface area contributed by atoms with Gasteiger partial charge < -0.3 is 54.7 Å². The van der Waals surface area contributed by atoms with Gasteiger partial charge in [0.05, 0.1) is 35.3 Å². The number of piperidine rings is 1. The van der Waals surface area contributed by atoms with Gasteiger partial charge in [-0.1, -0.05) is 59.8 Å². The number of fused-ring (bicyclic) bond motifs is 1. The van der Waals surface area contributed by atoms with Crippen LogP contribution in [-0.4, -0.2) is 105 Å². The number of hydrogen-bond acceptors (Lipinski definition) is 14. The predicted octanol–water partition coefficient (Wildman–Crippen LogP) is 4.60. The van der Waals surface area contributed by atoms with Crippen molar-refractivity contribution < 1.29 is 54.1 Å². The molecule has 0 aliphatic carbocycles. The fourth-order valence-electron chi connectivity index (χ4n) is 9.35. The number of aliphatic hydroxyl groups is 3. The number of allylic oxidation sites excluding steroid dienone is 2. The van der Waals surface area contributed by atoms with Crippen LogP contribution in [0.2, 0.25) is 0 Å². The number of amides is 1. The Morgan fingerprint density at radius 1 is 0.967 bits per heavy atom. The molecule has 4 aliphatic rings. The fraction of sp³-hybridized carbons (Fsp3) is 0.609. The lowest BCUT2D eigenvalue weighted by Gasteiger charge is -2.38. The summed E-state index contributed by atoms with van der Waals surface area (Å²) in [6.45, 7) is 19.8. The maximum Gasteiger partial charge on any atom is 0.302 e. The molecule has 334 valence electrons. The Labute approximate surface area is 357 Å². The van der Waals surface area contributed by atoms with Crippen molar-refractivity contribution in [2.24, 2.45) is 39.6 Å². The molecule has 0 aromatic heterocycles. The molecule has 1 saturated heterocycles. The number of nitrogens with zero attached hydrogens (tertiary/aromatic N) is 3. The van der Waals surface area contributed by atoms with Crippen molar-refractivity contribution in [3.8, 4) is 17.2 Å². The van der Waals surface area contributed by atoms with E-state index in [1.807, 2.05) is 6.92 Å². The molecular weight excluding hydrogens is 785 g/mol. The van der Waals surface area contributed by atoms with Crippen molar-refractivity contribution in [3.05, 3.63) is 58.0 Å². The molecule has 15 nitrogen and oxygen atoms in total. The van der Waals surface area contributed by atoms with Gasteiger partial charge in [-0.2, -0.15) is 0 Å². The number of phenols is 2. The van der Waals surface area contributed by atoms with Gasteiger partial charge in [-0.05, 0) is 25.8 Å². The third-order valence-corrected chi connectivity index (χ3v) is 13.1. The molecule has 1 spiro atoms. The van der Waals surface area contributed by atoms with Crippen molar-refractivity contribution in [1.82, 2.24) is 4.90 Å². The van der Waals surface area contributed by atoms with Crippen LogP contribution in [0.5, 0.6) is 17.2 Å². The molecule has 1 amide bonds. The topological polar surface area (TPSA) is 212 Å². The van der Waals surface area contributed by atoms with E-state index < -0.39 is 83.3 Å². The second-order valence-electron chi connectivity index (χ2n) is 18.1. The minimum atomic E-state index is -1.76. The van der Waals surface area contributed by atoms with E-state index in [-0.39, 0.29) is 50.0 Å². The molecule has 0 saturated carbocycles. The Kier molecular flexibility index (Phi) is 13.3. The zero-order valence-corrected chi connectivity index (χ0v) is 37.2. The largest absolute Gasteiger partial charge is 0.507 e. The molecule has 4 aliphatic heterocycles. The average molecular weight is 849 g/mol. The maximum atomic E-state index is 13.9. The zero-order chi connectivity index (χ0) is 44.9. The van der Waals surface area contributed by atoms with Gasteiger partial charge in [-0.3, -0.25) is 19.6 Å². The highest BCUT2D eigenvalue weighted by molar-refractivity contribution is 6.08. The Bertz CT molecular complexity index is 2250. The van der Waals surface area contributed by atoms with Gasteiger partial charge in [0, 0.05) is 99.2 Å². The number of aliphatic hydroxyl groups excluding tert-OH is 3. The lowest BCUT2D eigenvalue weighted by atomic mass is 9.78. The molecule has 2 aromatic rings. The molecule has 0 radical (unpaired) electrons. The van der Waals surface area contributed by atoms with Crippen LogP contribution in [0.25, 0.3) is 10.8 Å². The summed E-state index contributed by atoms with van der Waals surface area (Å²) in [4.78, 5) is 39.1. The van der Waals surface area contributed by atoms with Crippen molar-refractivity contribution >= 4 is 28.3 Å². The smallest absolute Gasteiger partial charge is 0.302 e. The first-order chi connectivity index (χ1) is 28.6. The van der Waals surface area contributed by atoms with Crippen LogP contribution >= 0.6 is 0 Å². The van der Waals surface area contributed by atoms with E-state index in [0.717, 1.165) is 19.6 Å². The summed E-state index contributed by atoms with van der Waals surface area (Å²) in [5.74, 6) is -5.36. The normalized spacial score (nSPS) is 33.9. The molecule has 6 N–H and O–H groups in total. The van der Waals surface area contributed by atoms with E-state index in [9.17, 15) is 35.1 Å². The van der Waals surface area contributed by atoms with Gasteiger partial charge in [-0.25, -0.2) is 0 Å². The van der Waals surface area contributed by atoms with E-state index in [1.54, 1.807) is 65.8 Å². The number of likely N-dealkylation sites (tertiary alicyclic amines) is 1. The number of aromatic hydroxyl groups is 2. The molecule has 1 fully saturated rings. The van der Waals surface area contributed by atoms with E-state index >= 15 is 0 Å². The third-order valence-electron chi connectivity index (χ3n) is 13.1. The second-order valence-corrected chi connectivity index (χ2v) is 18.1. The molecular formula is C46H64N4O11. The molecule has 15 heteroatoms. The number of methoxy groups -OCH3 is 1. The number of anilines is 1. The number of hydrogen-bond donors (Lipinski definition) is 6. The van der Waals surface area contributed by atoms with Crippen LogP contribution in [-0.2, 0) is 23.8 Å². The van der Waals surface area contributed by atoms with E-state index in [2.05, 4.69) is 24.1 Å². The fourth-order valence-corrected chi connectivity index (χ4v) is 9.35. The summed E-state index contributed by atoms with van der Waals surface area (Å²) in [7, 11) is 1.48. The molecule has 1 unspecified atom stereocenters. The van der Waals surface area contributed by atoms with Crippen molar-refractivity contribution in [3.63, 3.8) is 0 Å².